The van der Waals surface area contributed by atoms with Crippen LogP contribution in [0.25, 0.3) is 10.8 Å². The second-order valence-corrected chi connectivity index (χ2v) is 5.85. The van der Waals surface area contributed by atoms with Gasteiger partial charge in [0, 0.05) is 37.0 Å². The van der Waals surface area contributed by atoms with Gasteiger partial charge in [-0.2, -0.15) is 0 Å². The summed E-state index contributed by atoms with van der Waals surface area (Å²) < 4.78 is 0. The van der Waals surface area contributed by atoms with Gasteiger partial charge in [-0.05, 0) is 12.8 Å². The number of hydrogen-bond acceptors (Lipinski definition) is 4. The van der Waals surface area contributed by atoms with E-state index in [1.807, 2.05) is 36.2 Å². The van der Waals surface area contributed by atoms with Gasteiger partial charge in [-0.15, -0.1) is 10.2 Å². The van der Waals surface area contributed by atoms with Crippen LogP contribution < -0.4 is 4.90 Å². The van der Waals surface area contributed by atoms with Crippen LogP contribution in [-0.2, 0) is 0 Å². The van der Waals surface area contributed by atoms with Crippen LogP contribution in [0.5, 0.6) is 0 Å². The van der Waals surface area contributed by atoms with Crippen LogP contribution in [0.3, 0.4) is 0 Å². The number of anilines is 1. The van der Waals surface area contributed by atoms with Crippen molar-refractivity contribution >= 4 is 34.3 Å². The molecule has 3 rings (SSSR count). The molecule has 1 saturated heterocycles. The highest BCUT2D eigenvalue weighted by molar-refractivity contribution is 6.34. The molecule has 2 heterocycles. The zero-order valence-electron chi connectivity index (χ0n) is 12.2. The number of carbonyl (C=O) groups is 1. The van der Waals surface area contributed by atoms with Crippen LogP contribution in [0.1, 0.15) is 12.8 Å². The smallest absolute Gasteiger partial charge is 0.407 e. The van der Waals surface area contributed by atoms with Gasteiger partial charge in [-0.1, -0.05) is 35.9 Å². The fraction of sp³-hybridized carbons (Fsp3) is 0.400. The molecule has 116 valence electrons. The SMILES string of the molecule is CN(c1nnc(Cl)c2ccccc12)C1CCCN(C(=O)O)C1. The molecule has 1 atom stereocenters. The zero-order valence-corrected chi connectivity index (χ0v) is 13.0. The quantitative estimate of drug-likeness (QED) is 0.921. The Labute approximate surface area is 133 Å². The van der Waals surface area contributed by atoms with Gasteiger partial charge in [0.1, 0.15) is 0 Å². The molecule has 0 spiro atoms. The van der Waals surface area contributed by atoms with Crippen molar-refractivity contribution < 1.29 is 9.90 Å². The molecule has 1 N–H and O–H groups in total. The molecule has 1 fully saturated rings. The van der Waals surface area contributed by atoms with Crippen molar-refractivity contribution in [3.63, 3.8) is 0 Å². The number of fused-ring (bicyclic) bond motifs is 1. The van der Waals surface area contributed by atoms with E-state index in [2.05, 4.69) is 10.2 Å². The van der Waals surface area contributed by atoms with Crippen LogP contribution in [0, 0.1) is 0 Å². The first-order chi connectivity index (χ1) is 10.6. The van der Waals surface area contributed by atoms with E-state index in [0.717, 1.165) is 29.4 Å². The molecule has 6 nitrogen and oxygen atoms in total. The largest absolute Gasteiger partial charge is 0.465 e. The Morgan fingerprint density at radius 1 is 1.36 bits per heavy atom. The van der Waals surface area contributed by atoms with Crippen molar-refractivity contribution in [2.45, 2.75) is 18.9 Å². The minimum Gasteiger partial charge on any atom is -0.465 e. The van der Waals surface area contributed by atoms with Gasteiger partial charge in [0.25, 0.3) is 0 Å². The van der Waals surface area contributed by atoms with Crippen LogP contribution >= 0.6 is 11.6 Å². The summed E-state index contributed by atoms with van der Waals surface area (Å²) in [6.45, 7) is 1.07. The molecule has 0 bridgehead atoms. The summed E-state index contributed by atoms with van der Waals surface area (Å²) in [6.07, 6.45) is 0.907. The number of aromatic nitrogens is 2. The van der Waals surface area contributed by atoms with Gasteiger partial charge < -0.3 is 14.9 Å². The summed E-state index contributed by atoms with van der Waals surface area (Å²) in [5.41, 5.74) is 0. The second kappa shape index (κ2) is 5.96. The molecule has 1 aromatic carbocycles. The molecule has 22 heavy (non-hydrogen) atoms. The minimum absolute atomic E-state index is 0.0868. The lowest BCUT2D eigenvalue weighted by Gasteiger charge is -2.37. The average molecular weight is 321 g/mol. The number of nitrogens with zero attached hydrogens (tertiary/aromatic N) is 4. The topological polar surface area (TPSA) is 69.6 Å². The predicted molar refractivity (Wildman–Crippen MR) is 85.6 cm³/mol. The highest BCUT2D eigenvalue weighted by Crippen LogP contribution is 2.29. The summed E-state index contributed by atoms with van der Waals surface area (Å²) in [5.74, 6) is 0.734. The second-order valence-electron chi connectivity index (χ2n) is 5.50. The molecule has 1 aliphatic heterocycles. The number of carboxylic acid groups (broad SMARTS) is 1. The van der Waals surface area contributed by atoms with Gasteiger partial charge in [-0.3, -0.25) is 0 Å². The van der Waals surface area contributed by atoms with Crippen molar-refractivity contribution in [2.24, 2.45) is 0 Å². The number of piperidine rings is 1. The molecular weight excluding hydrogens is 304 g/mol. The predicted octanol–water partition coefficient (Wildman–Crippen LogP) is 2.86. The third-order valence-electron chi connectivity index (χ3n) is 4.17. The first-order valence-electron chi connectivity index (χ1n) is 7.19. The van der Waals surface area contributed by atoms with Gasteiger partial charge in [0.15, 0.2) is 11.0 Å². The first-order valence-corrected chi connectivity index (χ1v) is 7.57. The van der Waals surface area contributed by atoms with E-state index in [0.29, 0.717) is 18.2 Å². The molecule has 2 aromatic rings. The number of likely N-dealkylation sites (N-methyl/N-ethyl adjacent to an activating group) is 1. The minimum atomic E-state index is -0.870. The zero-order chi connectivity index (χ0) is 15.7. The maximum atomic E-state index is 11.2. The van der Waals surface area contributed by atoms with E-state index < -0.39 is 6.09 Å². The number of hydrogen-bond donors (Lipinski definition) is 1. The summed E-state index contributed by atoms with van der Waals surface area (Å²) in [4.78, 5) is 14.6. The van der Waals surface area contributed by atoms with Crippen LogP contribution in [0.4, 0.5) is 10.6 Å². The number of rotatable bonds is 2. The van der Waals surface area contributed by atoms with E-state index in [4.69, 9.17) is 11.6 Å². The number of amides is 1. The molecule has 7 heteroatoms. The lowest BCUT2D eigenvalue weighted by atomic mass is 10.0. The number of benzene rings is 1. The maximum absolute atomic E-state index is 11.2. The summed E-state index contributed by atoms with van der Waals surface area (Å²) in [5, 5.41) is 19.6. The van der Waals surface area contributed by atoms with Gasteiger partial charge in [-0.25, -0.2) is 4.79 Å². The summed E-state index contributed by atoms with van der Waals surface area (Å²) in [6, 6.07) is 7.80. The van der Waals surface area contributed by atoms with Crippen molar-refractivity contribution in [2.75, 3.05) is 25.0 Å². The van der Waals surface area contributed by atoms with Crippen molar-refractivity contribution in [3.8, 4) is 0 Å². The van der Waals surface area contributed by atoms with E-state index in [1.165, 1.54) is 4.90 Å². The lowest BCUT2D eigenvalue weighted by molar-refractivity contribution is 0.130. The van der Waals surface area contributed by atoms with E-state index >= 15 is 0 Å². The summed E-state index contributed by atoms with van der Waals surface area (Å²) >= 11 is 6.11. The van der Waals surface area contributed by atoms with Crippen LogP contribution in [0.2, 0.25) is 5.15 Å². The van der Waals surface area contributed by atoms with Gasteiger partial charge in [0.2, 0.25) is 0 Å². The highest BCUT2D eigenvalue weighted by atomic mass is 35.5. The van der Waals surface area contributed by atoms with E-state index in [-0.39, 0.29) is 6.04 Å². The Morgan fingerprint density at radius 2 is 2.09 bits per heavy atom. The van der Waals surface area contributed by atoms with Gasteiger partial charge in [0.05, 0.1) is 0 Å². The van der Waals surface area contributed by atoms with Gasteiger partial charge >= 0.3 is 6.09 Å². The van der Waals surface area contributed by atoms with E-state index in [1.54, 1.807) is 0 Å². The summed E-state index contributed by atoms with van der Waals surface area (Å²) in [7, 11) is 1.93. The maximum Gasteiger partial charge on any atom is 0.407 e. The number of halogens is 1. The highest BCUT2D eigenvalue weighted by Gasteiger charge is 2.27. The molecule has 1 amide bonds. The first kappa shape index (κ1) is 14.8. The third-order valence-corrected chi connectivity index (χ3v) is 4.45. The Morgan fingerprint density at radius 3 is 2.82 bits per heavy atom. The molecule has 0 aliphatic carbocycles. The Kier molecular flexibility index (Phi) is 4.02. The van der Waals surface area contributed by atoms with Crippen LogP contribution in [-0.4, -0.2) is 52.5 Å². The lowest BCUT2D eigenvalue weighted by Crippen LogP contribution is -2.48. The van der Waals surface area contributed by atoms with Crippen LogP contribution in [0.15, 0.2) is 24.3 Å². The standard InChI is InChI=1S/C15H17ClN4O2/c1-19(10-5-4-8-20(9-10)15(21)22)14-12-7-3-2-6-11(12)13(16)17-18-14/h2-3,6-7,10H,4-5,8-9H2,1H3,(H,21,22). The fourth-order valence-electron chi connectivity index (χ4n) is 2.94. The molecule has 1 aliphatic rings. The van der Waals surface area contributed by atoms with Crippen molar-refractivity contribution in [1.29, 1.82) is 0 Å². The Balaban J connectivity index is 1.94. The third kappa shape index (κ3) is 2.66. The normalized spacial score (nSPS) is 18.5. The monoisotopic (exact) mass is 320 g/mol. The fourth-order valence-corrected chi connectivity index (χ4v) is 3.14. The Bertz CT molecular complexity index is 709. The molecule has 1 aromatic heterocycles. The number of likely N-dealkylation sites (tertiary alicyclic amines) is 1. The average Bonchev–Trinajstić information content (AvgIpc) is 2.55. The van der Waals surface area contributed by atoms with E-state index in [9.17, 15) is 9.90 Å². The van der Waals surface area contributed by atoms with Crippen molar-refractivity contribution in [3.05, 3.63) is 29.4 Å². The molecular formula is C15H17ClN4O2. The molecule has 1 unspecified atom stereocenters. The molecule has 0 radical (unpaired) electrons. The van der Waals surface area contributed by atoms with Crippen molar-refractivity contribution in [1.82, 2.24) is 15.1 Å². The Hall–Kier alpha value is -2.08. The molecule has 0 saturated carbocycles.